The molecular weight excluding hydrogens is 460 g/mol. The van der Waals surface area contributed by atoms with Gasteiger partial charge in [-0.05, 0) is 48.0 Å². The number of nitrogens with zero attached hydrogens (tertiary/aromatic N) is 2. The van der Waals surface area contributed by atoms with Crippen LogP contribution in [0.2, 0.25) is 0 Å². The minimum atomic E-state index is -2.92. The van der Waals surface area contributed by atoms with Crippen molar-refractivity contribution < 1.29 is 23.1 Å². The molecule has 4 rings (SSSR count). The van der Waals surface area contributed by atoms with Gasteiger partial charge >= 0.3 is 6.61 Å². The lowest BCUT2D eigenvalue weighted by Crippen LogP contribution is -2.31. The van der Waals surface area contributed by atoms with Crippen molar-refractivity contribution in [3.8, 4) is 5.75 Å². The quantitative estimate of drug-likeness (QED) is 0.461. The van der Waals surface area contributed by atoms with Gasteiger partial charge in [0.25, 0.3) is 5.91 Å². The molecule has 0 aliphatic carbocycles. The fraction of sp³-hybridized carbons (Fsp3) is 0.0800. The van der Waals surface area contributed by atoms with Gasteiger partial charge in [0.2, 0.25) is 5.91 Å². The first-order valence-electron chi connectivity index (χ1n) is 10.2. The second-order valence-electron chi connectivity index (χ2n) is 7.05. The van der Waals surface area contributed by atoms with E-state index in [9.17, 15) is 18.4 Å². The molecule has 1 heterocycles. The summed E-state index contributed by atoms with van der Waals surface area (Å²) < 4.78 is 28.8. The van der Waals surface area contributed by atoms with E-state index in [0.29, 0.717) is 16.5 Å². The molecular formula is C25H19F2N3O3S. The van der Waals surface area contributed by atoms with Crippen molar-refractivity contribution in [1.82, 2.24) is 0 Å². The molecule has 1 N–H and O–H groups in total. The zero-order valence-electron chi connectivity index (χ0n) is 17.7. The van der Waals surface area contributed by atoms with E-state index in [1.165, 1.54) is 29.2 Å². The lowest BCUT2D eigenvalue weighted by molar-refractivity contribution is -0.114. The number of nitrogens with one attached hydrogen (secondary N) is 1. The molecule has 0 spiro atoms. The van der Waals surface area contributed by atoms with Crippen LogP contribution >= 0.6 is 11.8 Å². The molecule has 9 heteroatoms. The highest BCUT2D eigenvalue weighted by molar-refractivity contribution is 8.14. The molecule has 0 radical (unpaired) electrons. The van der Waals surface area contributed by atoms with Gasteiger partial charge < -0.3 is 10.1 Å². The zero-order valence-corrected chi connectivity index (χ0v) is 18.5. The van der Waals surface area contributed by atoms with E-state index in [4.69, 9.17) is 0 Å². The number of amidine groups is 1. The van der Waals surface area contributed by atoms with Crippen LogP contribution in [0.5, 0.6) is 5.75 Å². The number of benzene rings is 3. The number of carbonyl (C=O) groups is 2. The van der Waals surface area contributed by atoms with Crippen molar-refractivity contribution in [3.63, 3.8) is 0 Å². The van der Waals surface area contributed by atoms with E-state index < -0.39 is 6.61 Å². The minimum absolute atomic E-state index is 0.00238. The average Bonchev–Trinajstić information content (AvgIpc) is 3.14. The number of thioether (sulfide) groups is 1. The van der Waals surface area contributed by atoms with E-state index in [1.807, 2.05) is 48.5 Å². The molecule has 0 saturated carbocycles. The molecule has 2 amide bonds. The Labute approximate surface area is 199 Å². The maximum absolute atomic E-state index is 13.1. The van der Waals surface area contributed by atoms with E-state index >= 15 is 0 Å². The van der Waals surface area contributed by atoms with Crippen LogP contribution in [0.3, 0.4) is 0 Å². The van der Waals surface area contributed by atoms with Gasteiger partial charge in [0.15, 0.2) is 5.17 Å². The maximum Gasteiger partial charge on any atom is 0.387 e. The van der Waals surface area contributed by atoms with Crippen LogP contribution < -0.4 is 15.0 Å². The van der Waals surface area contributed by atoms with Crippen molar-refractivity contribution in [3.05, 3.63) is 96.2 Å². The second-order valence-corrected chi connectivity index (χ2v) is 7.99. The molecule has 0 unspecified atom stereocenters. The summed E-state index contributed by atoms with van der Waals surface area (Å²) in [6.45, 7) is -2.92. The number of anilines is 2. The van der Waals surface area contributed by atoms with Crippen LogP contribution in [0, 0.1) is 0 Å². The summed E-state index contributed by atoms with van der Waals surface area (Å²) in [7, 11) is 0. The highest BCUT2D eigenvalue weighted by atomic mass is 32.2. The van der Waals surface area contributed by atoms with Crippen molar-refractivity contribution in [2.24, 2.45) is 4.99 Å². The zero-order chi connectivity index (χ0) is 23.9. The summed E-state index contributed by atoms with van der Waals surface area (Å²) in [4.78, 5) is 31.6. The molecule has 0 fully saturated rings. The second kappa shape index (κ2) is 10.8. The first kappa shape index (κ1) is 23.2. The van der Waals surface area contributed by atoms with E-state index in [0.717, 1.165) is 17.3 Å². The van der Waals surface area contributed by atoms with Gasteiger partial charge in [0.1, 0.15) is 11.4 Å². The Kier molecular flexibility index (Phi) is 7.34. The summed E-state index contributed by atoms with van der Waals surface area (Å²) in [5.74, 6) is -0.634. The smallest absolute Gasteiger partial charge is 0.387 e. The normalized spacial score (nSPS) is 14.4. The molecule has 34 heavy (non-hydrogen) atoms. The summed E-state index contributed by atoms with van der Waals surface area (Å²) >= 11 is 1.12. The maximum atomic E-state index is 13.1. The average molecular weight is 480 g/mol. The molecule has 3 aromatic rings. The van der Waals surface area contributed by atoms with E-state index in [-0.39, 0.29) is 29.0 Å². The van der Waals surface area contributed by atoms with Crippen LogP contribution in [0.1, 0.15) is 5.56 Å². The third-order valence-electron chi connectivity index (χ3n) is 4.64. The molecule has 0 aromatic heterocycles. The van der Waals surface area contributed by atoms with Crippen LogP contribution in [0.25, 0.3) is 6.08 Å². The van der Waals surface area contributed by atoms with Crippen molar-refractivity contribution in [2.45, 2.75) is 6.61 Å². The van der Waals surface area contributed by atoms with Gasteiger partial charge in [-0.1, -0.05) is 60.3 Å². The van der Waals surface area contributed by atoms with Crippen LogP contribution in [-0.2, 0) is 9.59 Å². The van der Waals surface area contributed by atoms with Crippen LogP contribution in [0.15, 0.2) is 95.6 Å². The number of amides is 2. The van der Waals surface area contributed by atoms with Gasteiger partial charge in [-0.15, -0.1) is 0 Å². The summed E-state index contributed by atoms with van der Waals surface area (Å²) in [6.07, 6.45) is 1.70. The van der Waals surface area contributed by atoms with Gasteiger partial charge in [0.05, 0.1) is 11.4 Å². The third-order valence-corrected chi connectivity index (χ3v) is 5.58. The van der Waals surface area contributed by atoms with Gasteiger partial charge in [-0.3, -0.25) is 14.5 Å². The number of para-hydroxylation sites is 1. The van der Waals surface area contributed by atoms with Gasteiger partial charge in [0, 0.05) is 5.69 Å². The van der Waals surface area contributed by atoms with Crippen molar-refractivity contribution in [1.29, 1.82) is 0 Å². The first-order valence-corrected chi connectivity index (χ1v) is 11.2. The molecule has 172 valence electrons. The molecule has 3 aromatic carbocycles. The fourth-order valence-electron chi connectivity index (χ4n) is 3.15. The van der Waals surface area contributed by atoms with Gasteiger partial charge in [-0.25, -0.2) is 4.99 Å². The van der Waals surface area contributed by atoms with Crippen molar-refractivity contribution in [2.75, 3.05) is 16.0 Å². The molecule has 0 bridgehead atoms. The standard InChI is InChI=1S/C25H19F2N3O3S/c26-24(27)33-20-13-11-18(12-14-20)28-22(31)16-34-25-29-21(15-17-7-3-1-4-8-17)23(32)30(25)19-9-5-2-6-10-19/h1-15,24H,16H2,(H,28,31)/b21-15-. The third kappa shape index (κ3) is 5.87. The Balaban J connectivity index is 1.47. The Morgan fingerprint density at radius 1 is 1.00 bits per heavy atom. The Bertz CT molecular complexity index is 1220. The monoisotopic (exact) mass is 479 g/mol. The Hall–Kier alpha value is -3.98. The van der Waals surface area contributed by atoms with E-state index in [1.54, 1.807) is 18.2 Å². The number of hydrogen-bond donors (Lipinski definition) is 1. The topological polar surface area (TPSA) is 71.0 Å². The highest BCUT2D eigenvalue weighted by Gasteiger charge is 2.32. The van der Waals surface area contributed by atoms with E-state index in [2.05, 4.69) is 15.0 Å². The first-order chi connectivity index (χ1) is 16.5. The van der Waals surface area contributed by atoms with Crippen LogP contribution in [-0.4, -0.2) is 29.3 Å². The number of carbonyl (C=O) groups excluding carboxylic acids is 2. The molecule has 1 aliphatic rings. The number of alkyl halides is 2. The summed E-state index contributed by atoms with van der Waals surface area (Å²) in [5, 5.41) is 3.07. The SMILES string of the molecule is O=C(CSC1=N/C(=C\c2ccccc2)C(=O)N1c1ccccc1)Nc1ccc(OC(F)F)cc1. The van der Waals surface area contributed by atoms with Crippen LogP contribution in [0.4, 0.5) is 20.2 Å². The Morgan fingerprint density at radius 3 is 2.29 bits per heavy atom. The summed E-state index contributed by atoms with van der Waals surface area (Å²) in [6, 6.07) is 24.1. The number of ether oxygens (including phenoxy) is 1. The fourth-order valence-corrected chi connectivity index (χ4v) is 3.96. The lowest BCUT2D eigenvalue weighted by Gasteiger charge is -2.17. The molecule has 1 aliphatic heterocycles. The number of halogens is 2. The Morgan fingerprint density at radius 2 is 1.65 bits per heavy atom. The highest BCUT2D eigenvalue weighted by Crippen LogP contribution is 2.29. The van der Waals surface area contributed by atoms with Gasteiger partial charge in [-0.2, -0.15) is 8.78 Å². The predicted molar refractivity (Wildman–Crippen MR) is 130 cm³/mol. The minimum Gasteiger partial charge on any atom is -0.435 e. The number of rotatable bonds is 7. The molecule has 6 nitrogen and oxygen atoms in total. The predicted octanol–water partition coefficient (Wildman–Crippen LogP) is 5.40. The summed E-state index contributed by atoms with van der Waals surface area (Å²) in [5.41, 5.74) is 2.19. The number of hydrogen-bond acceptors (Lipinski definition) is 5. The lowest BCUT2D eigenvalue weighted by atomic mass is 10.2. The molecule has 0 atom stereocenters. The number of aliphatic imine (C=N–C) groups is 1. The largest absolute Gasteiger partial charge is 0.435 e. The van der Waals surface area contributed by atoms with Crippen molar-refractivity contribution >= 4 is 46.2 Å². The molecule has 0 saturated heterocycles.